The van der Waals surface area contributed by atoms with E-state index in [2.05, 4.69) is 15.6 Å². The zero-order valence-corrected chi connectivity index (χ0v) is 16.3. The van der Waals surface area contributed by atoms with Crippen molar-refractivity contribution in [2.75, 3.05) is 23.7 Å². The molecule has 8 nitrogen and oxygen atoms in total. The van der Waals surface area contributed by atoms with Crippen molar-refractivity contribution in [2.45, 2.75) is 24.7 Å². The maximum Gasteiger partial charge on any atom is 0.243 e. The van der Waals surface area contributed by atoms with Crippen LogP contribution in [0.2, 0.25) is 0 Å². The van der Waals surface area contributed by atoms with E-state index in [1.807, 2.05) is 0 Å². The van der Waals surface area contributed by atoms with Crippen LogP contribution in [-0.2, 0) is 19.6 Å². The monoisotopic (exact) mass is 408 g/mol. The highest BCUT2D eigenvalue weighted by Gasteiger charge is 2.33. The number of thiazole rings is 1. The molecule has 1 aromatic heterocycles. The standard InChI is InChI=1S/C17H20N4O4S2/c1-12(22)19-14-4-6-15(7-5-14)27(24,25)21-9-2-3-13(11-21)16(23)20-17-18-8-10-26-17/h4-8,10,13H,2-3,9,11H2,1H3,(H,19,22)(H,18,20,23)/t13-/m1/s1. The number of anilines is 2. The molecule has 0 bridgehead atoms. The van der Waals surface area contributed by atoms with E-state index in [4.69, 9.17) is 0 Å². The summed E-state index contributed by atoms with van der Waals surface area (Å²) < 4.78 is 27.1. The van der Waals surface area contributed by atoms with Crippen LogP contribution in [0.5, 0.6) is 0 Å². The zero-order chi connectivity index (χ0) is 19.4. The molecule has 3 rings (SSSR count). The molecule has 2 amide bonds. The van der Waals surface area contributed by atoms with Crippen LogP contribution in [0.4, 0.5) is 10.8 Å². The van der Waals surface area contributed by atoms with E-state index >= 15 is 0 Å². The zero-order valence-electron chi connectivity index (χ0n) is 14.7. The minimum absolute atomic E-state index is 0.132. The second kappa shape index (κ2) is 8.15. The smallest absolute Gasteiger partial charge is 0.243 e. The molecule has 1 aromatic carbocycles. The molecule has 2 heterocycles. The molecular weight excluding hydrogens is 388 g/mol. The van der Waals surface area contributed by atoms with Gasteiger partial charge in [-0.15, -0.1) is 11.3 Å². The molecule has 0 unspecified atom stereocenters. The first-order valence-corrected chi connectivity index (χ1v) is 10.8. The Hall–Kier alpha value is -2.30. The number of rotatable bonds is 5. The summed E-state index contributed by atoms with van der Waals surface area (Å²) in [4.78, 5) is 27.6. The molecule has 0 saturated carbocycles. The lowest BCUT2D eigenvalue weighted by Gasteiger charge is -2.31. The van der Waals surface area contributed by atoms with Crippen LogP contribution in [0.25, 0.3) is 0 Å². The highest BCUT2D eigenvalue weighted by molar-refractivity contribution is 7.89. The Morgan fingerprint density at radius 3 is 2.59 bits per heavy atom. The molecule has 1 aliphatic rings. The molecular formula is C17H20N4O4S2. The fourth-order valence-corrected chi connectivity index (χ4v) is 4.99. The highest BCUT2D eigenvalue weighted by Crippen LogP contribution is 2.26. The normalized spacial score (nSPS) is 18.0. The fraction of sp³-hybridized carbons (Fsp3) is 0.353. The van der Waals surface area contributed by atoms with E-state index in [0.29, 0.717) is 30.2 Å². The van der Waals surface area contributed by atoms with Gasteiger partial charge in [-0.3, -0.25) is 9.59 Å². The van der Waals surface area contributed by atoms with Gasteiger partial charge in [0, 0.05) is 37.3 Å². The van der Waals surface area contributed by atoms with Crippen LogP contribution < -0.4 is 10.6 Å². The number of hydrogen-bond acceptors (Lipinski definition) is 6. The fourth-order valence-electron chi connectivity index (χ4n) is 2.93. The number of nitrogens with zero attached hydrogens (tertiary/aromatic N) is 2. The summed E-state index contributed by atoms with van der Waals surface area (Å²) in [5.41, 5.74) is 0.529. The minimum atomic E-state index is -3.71. The lowest BCUT2D eigenvalue weighted by molar-refractivity contribution is -0.121. The van der Waals surface area contributed by atoms with Crippen molar-refractivity contribution in [3.8, 4) is 0 Å². The van der Waals surface area contributed by atoms with Crippen LogP contribution in [-0.4, -0.2) is 42.6 Å². The summed E-state index contributed by atoms with van der Waals surface area (Å²) in [5.74, 6) is -0.863. The van der Waals surface area contributed by atoms with Crippen molar-refractivity contribution < 1.29 is 18.0 Å². The van der Waals surface area contributed by atoms with Gasteiger partial charge in [0.05, 0.1) is 10.8 Å². The Balaban J connectivity index is 1.70. The van der Waals surface area contributed by atoms with Crippen LogP contribution in [0.1, 0.15) is 19.8 Å². The van der Waals surface area contributed by atoms with Gasteiger partial charge >= 0.3 is 0 Å². The van der Waals surface area contributed by atoms with E-state index in [1.165, 1.54) is 34.7 Å². The van der Waals surface area contributed by atoms with Gasteiger partial charge in [-0.1, -0.05) is 0 Å². The van der Waals surface area contributed by atoms with E-state index in [9.17, 15) is 18.0 Å². The first-order chi connectivity index (χ1) is 12.9. The number of hydrogen-bond donors (Lipinski definition) is 2. The van der Waals surface area contributed by atoms with Crippen LogP contribution in [0.3, 0.4) is 0 Å². The molecule has 1 aliphatic heterocycles. The van der Waals surface area contributed by atoms with Crippen LogP contribution in [0.15, 0.2) is 40.7 Å². The average Bonchev–Trinajstić information content (AvgIpc) is 3.15. The van der Waals surface area contributed by atoms with Crippen molar-refractivity contribution in [1.29, 1.82) is 0 Å². The number of sulfonamides is 1. The molecule has 144 valence electrons. The first kappa shape index (κ1) is 19.5. The van der Waals surface area contributed by atoms with E-state index in [0.717, 1.165) is 0 Å². The van der Waals surface area contributed by atoms with Gasteiger partial charge in [0.1, 0.15) is 0 Å². The molecule has 2 N–H and O–H groups in total. The topological polar surface area (TPSA) is 108 Å². The minimum Gasteiger partial charge on any atom is -0.326 e. The summed E-state index contributed by atoms with van der Waals surface area (Å²) in [6.07, 6.45) is 2.84. The van der Waals surface area contributed by atoms with Gasteiger partial charge < -0.3 is 10.6 Å². The van der Waals surface area contributed by atoms with Gasteiger partial charge in [0.15, 0.2) is 5.13 Å². The van der Waals surface area contributed by atoms with E-state index in [-0.39, 0.29) is 23.3 Å². The molecule has 1 saturated heterocycles. The Labute approximate surface area is 161 Å². The van der Waals surface area contributed by atoms with Crippen LogP contribution in [0, 0.1) is 5.92 Å². The Bertz CT molecular complexity index is 911. The van der Waals surface area contributed by atoms with Gasteiger partial charge in [-0.25, -0.2) is 13.4 Å². The predicted molar refractivity (Wildman–Crippen MR) is 103 cm³/mol. The average molecular weight is 409 g/mol. The molecule has 0 radical (unpaired) electrons. The third-order valence-corrected chi connectivity index (χ3v) is 6.80. The quantitative estimate of drug-likeness (QED) is 0.788. The number of amides is 2. The SMILES string of the molecule is CC(=O)Nc1ccc(S(=O)(=O)N2CCC[C@@H](C(=O)Nc3nccs3)C2)cc1. The Kier molecular flexibility index (Phi) is 5.88. The van der Waals surface area contributed by atoms with E-state index in [1.54, 1.807) is 23.7 Å². The Morgan fingerprint density at radius 2 is 1.96 bits per heavy atom. The van der Waals surface area contributed by atoms with Crippen LogP contribution >= 0.6 is 11.3 Å². The molecule has 1 atom stereocenters. The summed E-state index contributed by atoms with van der Waals surface area (Å²) in [6.45, 7) is 1.89. The summed E-state index contributed by atoms with van der Waals surface area (Å²) in [5, 5.41) is 7.61. The van der Waals surface area contributed by atoms with Gasteiger partial charge in [0.2, 0.25) is 21.8 Å². The number of aromatic nitrogens is 1. The van der Waals surface area contributed by atoms with Crippen molar-refractivity contribution in [2.24, 2.45) is 5.92 Å². The molecule has 27 heavy (non-hydrogen) atoms. The third-order valence-electron chi connectivity index (χ3n) is 4.23. The summed E-state index contributed by atoms with van der Waals surface area (Å²) in [7, 11) is -3.71. The predicted octanol–water partition coefficient (Wildman–Crippen LogP) is 2.14. The van der Waals surface area contributed by atoms with Gasteiger partial charge in [0.25, 0.3) is 0 Å². The number of benzene rings is 1. The molecule has 2 aromatic rings. The van der Waals surface area contributed by atoms with E-state index < -0.39 is 15.9 Å². The molecule has 10 heteroatoms. The first-order valence-electron chi connectivity index (χ1n) is 8.44. The largest absolute Gasteiger partial charge is 0.326 e. The van der Waals surface area contributed by atoms with Gasteiger partial charge in [-0.05, 0) is 37.1 Å². The molecule has 1 fully saturated rings. The molecule has 0 aliphatic carbocycles. The Morgan fingerprint density at radius 1 is 1.22 bits per heavy atom. The number of piperidine rings is 1. The van der Waals surface area contributed by atoms with Crippen molar-refractivity contribution >= 4 is 44.0 Å². The lowest BCUT2D eigenvalue weighted by Crippen LogP contribution is -2.43. The second-order valence-electron chi connectivity index (χ2n) is 6.23. The van der Waals surface area contributed by atoms with Gasteiger partial charge in [-0.2, -0.15) is 4.31 Å². The van der Waals surface area contributed by atoms with Crippen molar-refractivity contribution in [3.63, 3.8) is 0 Å². The van der Waals surface area contributed by atoms with Crippen molar-refractivity contribution in [3.05, 3.63) is 35.8 Å². The third kappa shape index (κ3) is 4.71. The number of carbonyl (C=O) groups excluding carboxylic acids is 2. The summed E-state index contributed by atoms with van der Waals surface area (Å²) in [6, 6.07) is 6.01. The van der Waals surface area contributed by atoms with Crippen molar-refractivity contribution in [1.82, 2.24) is 9.29 Å². The molecule has 0 spiro atoms. The number of carbonyl (C=O) groups is 2. The summed E-state index contributed by atoms with van der Waals surface area (Å²) >= 11 is 1.32. The lowest BCUT2D eigenvalue weighted by atomic mass is 9.99. The highest BCUT2D eigenvalue weighted by atomic mass is 32.2. The second-order valence-corrected chi connectivity index (χ2v) is 9.07. The number of nitrogens with one attached hydrogen (secondary N) is 2. The maximum atomic E-state index is 12.9. The maximum absolute atomic E-state index is 12.9.